The summed E-state index contributed by atoms with van der Waals surface area (Å²) in [6, 6.07) is 8.11. The molecular formula is C16H19N3O3. The third kappa shape index (κ3) is 3.17. The molecule has 1 aromatic heterocycles. The van der Waals surface area contributed by atoms with Crippen LogP contribution in [0.25, 0.3) is 0 Å². The summed E-state index contributed by atoms with van der Waals surface area (Å²) in [4.78, 5) is 16.6. The maximum Gasteiger partial charge on any atom is 0.246 e. The summed E-state index contributed by atoms with van der Waals surface area (Å²) in [6.07, 6.45) is 2.41. The van der Waals surface area contributed by atoms with E-state index in [4.69, 9.17) is 9.26 Å². The van der Waals surface area contributed by atoms with Crippen LogP contribution in [0.3, 0.4) is 0 Å². The van der Waals surface area contributed by atoms with E-state index >= 15 is 0 Å². The van der Waals surface area contributed by atoms with Crippen LogP contribution in [-0.2, 0) is 28.9 Å². The predicted octanol–water partition coefficient (Wildman–Crippen LogP) is 1.60. The van der Waals surface area contributed by atoms with E-state index in [1.54, 1.807) is 7.11 Å². The molecule has 1 aromatic carbocycles. The molecule has 1 aliphatic carbocycles. The van der Waals surface area contributed by atoms with Gasteiger partial charge in [0.1, 0.15) is 0 Å². The molecule has 6 heteroatoms. The summed E-state index contributed by atoms with van der Waals surface area (Å²) in [5.41, 5.74) is 2.40. The number of rotatable bonds is 6. The van der Waals surface area contributed by atoms with Crippen molar-refractivity contribution in [2.24, 2.45) is 0 Å². The molecule has 1 aliphatic rings. The molecule has 0 bridgehead atoms. The van der Waals surface area contributed by atoms with E-state index in [0.29, 0.717) is 24.7 Å². The van der Waals surface area contributed by atoms with Crippen LogP contribution in [0.15, 0.2) is 28.8 Å². The number of benzene rings is 1. The van der Waals surface area contributed by atoms with Gasteiger partial charge >= 0.3 is 0 Å². The van der Waals surface area contributed by atoms with Gasteiger partial charge in [-0.2, -0.15) is 4.98 Å². The molecule has 0 aliphatic heterocycles. The number of hydrogen-bond donors (Lipinski definition) is 1. The number of aromatic nitrogens is 2. The van der Waals surface area contributed by atoms with E-state index in [2.05, 4.69) is 21.5 Å². The summed E-state index contributed by atoms with van der Waals surface area (Å²) in [5, 5.41) is 6.73. The fraction of sp³-hybridized carbons (Fsp3) is 0.438. The molecule has 1 amide bonds. The molecule has 0 unspecified atom stereocenters. The lowest BCUT2D eigenvalue weighted by Gasteiger charge is -2.10. The highest BCUT2D eigenvalue weighted by Crippen LogP contribution is 2.32. The van der Waals surface area contributed by atoms with Gasteiger partial charge in [-0.3, -0.25) is 4.79 Å². The maximum absolute atomic E-state index is 12.3. The molecule has 1 heterocycles. The van der Waals surface area contributed by atoms with Gasteiger partial charge < -0.3 is 14.6 Å². The fourth-order valence-electron chi connectivity index (χ4n) is 2.77. The first-order chi connectivity index (χ1) is 10.8. The van der Waals surface area contributed by atoms with Gasteiger partial charge in [0.2, 0.25) is 11.8 Å². The highest BCUT2D eigenvalue weighted by molar-refractivity contribution is 5.84. The molecule has 0 fully saturated rings. The number of fused-ring (bicyclic) bond motifs is 1. The van der Waals surface area contributed by atoms with Crippen molar-refractivity contribution in [1.29, 1.82) is 0 Å². The number of methoxy groups -OCH3 is 1. The van der Waals surface area contributed by atoms with Crippen molar-refractivity contribution in [1.82, 2.24) is 15.5 Å². The summed E-state index contributed by atoms with van der Waals surface area (Å²) < 4.78 is 10.1. The first-order valence-corrected chi connectivity index (χ1v) is 7.44. The number of nitrogens with one attached hydrogen (secondary N) is 1. The molecule has 1 atom stereocenters. The normalized spacial score (nSPS) is 16.5. The minimum Gasteiger partial charge on any atom is -0.384 e. The second-order valence-electron chi connectivity index (χ2n) is 5.36. The number of hydrogen-bond acceptors (Lipinski definition) is 5. The number of amides is 1. The van der Waals surface area contributed by atoms with Crippen LogP contribution in [0.4, 0.5) is 0 Å². The summed E-state index contributed by atoms with van der Waals surface area (Å²) >= 11 is 0. The Morgan fingerprint density at radius 2 is 2.32 bits per heavy atom. The summed E-state index contributed by atoms with van der Waals surface area (Å²) in [6.45, 7) is 0.807. The molecule has 0 radical (unpaired) electrons. The van der Waals surface area contributed by atoms with Crippen molar-refractivity contribution in [3.05, 3.63) is 47.1 Å². The summed E-state index contributed by atoms with van der Waals surface area (Å²) in [5.74, 6) is 0.955. The number of nitrogens with zero attached hydrogens (tertiary/aromatic N) is 2. The van der Waals surface area contributed by atoms with Crippen LogP contribution < -0.4 is 5.32 Å². The Balaban J connectivity index is 1.56. The molecule has 0 saturated heterocycles. The third-order valence-electron chi connectivity index (χ3n) is 3.90. The van der Waals surface area contributed by atoms with Crippen molar-refractivity contribution < 1.29 is 14.1 Å². The monoisotopic (exact) mass is 301 g/mol. The zero-order valence-electron chi connectivity index (χ0n) is 12.5. The van der Waals surface area contributed by atoms with Crippen molar-refractivity contribution in [3.63, 3.8) is 0 Å². The first kappa shape index (κ1) is 14.7. The molecule has 6 nitrogen and oxygen atoms in total. The molecule has 0 spiro atoms. The minimum atomic E-state index is -0.0768. The average Bonchev–Trinajstić information content (AvgIpc) is 3.17. The van der Waals surface area contributed by atoms with Gasteiger partial charge in [0.15, 0.2) is 5.82 Å². The highest BCUT2D eigenvalue weighted by Gasteiger charge is 2.28. The lowest BCUT2D eigenvalue weighted by Crippen LogP contribution is -2.28. The Kier molecular flexibility index (Phi) is 4.48. The molecule has 3 rings (SSSR count). The van der Waals surface area contributed by atoms with E-state index < -0.39 is 0 Å². The third-order valence-corrected chi connectivity index (χ3v) is 3.90. The topological polar surface area (TPSA) is 77.3 Å². The zero-order chi connectivity index (χ0) is 15.4. The Labute approximate surface area is 128 Å². The van der Waals surface area contributed by atoms with Gasteiger partial charge in [-0.25, -0.2) is 0 Å². The van der Waals surface area contributed by atoms with Crippen LogP contribution in [0.2, 0.25) is 0 Å². The molecule has 1 N–H and O–H groups in total. The zero-order valence-corrected chi connectivity index (χ0v) is 12.5. The quantitative estimate of drug-likeness (QED) is 0.877. The molecule has 116 valence electrons. The number of carbonyl (C=O) groups excluding carboxylic acids is 1. The summed E-state index contributed by atoms with van der Waals surface area (Å²) in [7, 11) is 1.63. The van der Waals surface area contributed by atoms with Gasteiger partial charge in [-0.05, 0) is 24.0 Å². The van der Waals surface area contributed by atoms with E-state index in [1.165, 1.54) is 5.56 Å². The van der Waals surface area contributed by atoms with Crippen LogP contribution in [-0.4, -0.2) is 29.8 Å². The fourth-order valence-corrected chi connectivity index (χ4v) is 2.77. The van der Waals surface area contributed by atoms with Gasteiger partial charge in [-0.15, -0.1) is 0 Å². The van der Waals surface area contributed by atoms with Crippen LogP contribution in [0, 0.1) is 0 Å². The van der Waals surface area contributed by atoms with E-state index in [0.717, 1.165) is 18.4 Å². The van der Waals surface area contributed by atoms with E-state index in [1.807, 2.05) is 18.2 Å². The standard InChI is InChI=1S/C16H19N3O3/c1-21-9-8-14-18-15(22-19-14)10-17-16(20)13-7-6-11-4-2-3-5-12(11)13/h2-5,13H,6-10H2,1H3,(H,17,20)/t13-/m0/s1. The van der Waals surface area contributed by atoms with E-state index in [-0.39, 0.29) is 18.4 Å². The van der Waals surface area contributed by atoms with Crippen molar-refractivity contribution in [2.75, 3.05) is 13.7 Å². The van der Waals surface area contributed by atoms with E-state index in [9.17, 15) is 4.79 Å². The Morgan fingerprint density at radius 1 is 1.45 bits per heavy atom. The van der Waals surface area contributed by atoms with Crippen molar-refractivity contribution >= 4 is 5.91 Å². The molecule has 22 heavy (non-hydrogen) atoms. The maximum atomic E-state index is 12.3. The second kappa shape index (κ2) is 6.70. The smallest absolute Gasteiger partial charge is 0.246 e. The predicted molar refractivity (Wildman–Crippen MR) is 79.2 cm³/mol. The minimum absolute atomic E-state index is 0.0154. The SMILES string of the molecule is COCCc1noc(CNC(=O)[C@H]2CCc3ccccc32)n1. The second-order valence-corrected chi connectivity index (χ2v) is 5.36. The Bertz CT molecular complexity index is 654. The van der Waals surface area contributed by atoms with Gasteiger partial charge in [0.25, 0.3) is 0 Å². The lowest BCUT2D eigenvalue weighted by atomic mass is 10.0. The van der Waals surface area contributed by atoms with Crippen molar-refractivity contribution in [3.8, 4) is 0 Å². The largest absolute Gasteiger partial charge is 0.384 e. The first-order valence-electron chi connectivity index (χ1n) is 7.44. The van der Waals surface area contributed by atoms with Gasteiger partial charge in [0, 0.05) is 13.5 Å². The average molecular weight is 301 g/mol. The number of aryl methyl sites for hydroxylation is 1. The van der Waals surface area contributed by atoms with Crippen LogP contribution in [0.1, 0.15) is 35.2 Å². The highest BCUT2D eigenvalue weighted by atomic mass is 16.5. The van der Waals surface area contributed by atoms with Crippen LogP contribution >= 0.6 is 0 Å². The number of ether oxygens (including phenoxy) is 1. The Morgan fingerprint density at radius 3 is 3.18 bits per heavy atom. The number of carbonyl (C=O) groups is 1. The molecule has 0 saturated carbocycles. The molecular weight excluding hydrogens is 282 g/mol. The van der Waals surface area contributed by atoms with Gasteiger partial charge in [-0.1, -0.05) is 29.4 Å². The lowest BCUT2D eigenvalue weighted by molar-refractivity contribution is -0.122. The van der Waals surface area contributed by atoms with Gasteiger partial charge in [0.05, 0.1) is 19.1 Å². The van der Waals surface area contributed by atoms with Crippen molar-refractivity contribution in [2.45, 2.75) is 31.7 Å². The molecule has 2 aromatic rings. The Hall–Kier alpha value is -2.21. The van der Waals surface area contributed by atoms with Crippen LogP contribution in [0.5, 0.6) is 0 Å².